The minimum atomic E-state index is -1.08. The number of aryl methyl sites for hydroxylation is 1. The van der Waals surface area contributed by atoms with Crippen molar-refractivity contribution in [2.24, 2.45) is 5.92 Å². The van der Waals surface area contributed by atoms with Gasteiger partial charge >= 0.3 is 5.97 Å². The lowest BCUT2D eigenvalue weighted by atomic mass is 10.0. The molecule has 0 spiro atoms. The van der Waals surface area contributed by atoms with Gasteiger partial charge in [-0.3, -0.25) is 4.79 Å². The van der Waals surface area contributed by atoms with Gasteiger partial charge in [0.15, 0.2) is 6.10 Å². The van der Waals surface area contributed by atoms with E-state index in [1.807, 2.05) is 12.1 Å². The molecule has 0 aliphatic rings. The molecular weight excluding hydrogens is 282 g/mol. The summed E-state index contributed by atoms with van der Waals surface area (Å²) in [4.78, 5) is 22.5. The van der Waals surface area contributed by atoms with E-state index in [-0.39, 0.29) is 12.5 Å². The molecule has 0 aliphatic heterocycles. The zero-order valence-electron chi connectivity index (χ0n) is 13.5. The number of methoxy groups -OCH3 is 1. The van der Waals surface area contributed by atoms with Crippen LogP contribution in [0, 0.1) is 5.92 Å². The summed E-state index contributed by atoms with van der Waals surface area (Å²) in [5.41, 5.74) is 2.40. The SMILES string of the molecule is COC(CNC(=O)CCc1ccc(CC(C)C)cc1)C(=O)O. The molecule has 22 heavy (non-hydrogen) atoms. The highest BCUT2D eigenvalue weighted by Crippen LogP contribution is 2.11. The Hall–Kier alpha value is -1.88. The second-order valence-electron chi connectivity index (χ2n) is 5.78. The van der Waals surface area contributed by atoms with Gasteiger partial charge in [0.2, 0.25) is 5.91 Å². The first-order valence-electron chi connectivity index (χ1n) is 7.52. The van der Waals surface area contributed by atoms with Crippen LogP contribution in [0.2, 0.25) is 0 Å². The Kier molecular flexibility index (Phi) is 7.60. The van der Waals surface area contributed by atoms with Crippen LogP contribution in [0.3, 0.4) is 0 Å². The fourth-order valence-electron chi connectivity index (χ4n) is 2.14. The molecular formula is C17H25NO4. The van der Waals surface area contributed by atoms with E-state index in [9.17, 15) is 9.59 Å². The fourth-order valence-corrected chi connectivity index (χ4v) is 2.14. The number of benzene rings is 1. The molecule has 5 heteroatoms. The van der Waals surface area contributed by atoms with E-state index in [2.05, 4.69) is 31.3 Å². The maximum atomic E-state index is 11.7. The molecule has 1 unspecified atom stereocenters. The Morgan fingerprint density at radius 3 is 2.27 bits per heavy atom. The third-order valence-corrected chi connectivity index (χ3v) is 3.35. The van der Waals surface area contributed by atoms with Gasteiger partial charge in [-0.25, -0.2) is 4.79 Å². The number of ether oxygens (including phenoxy) is 1. The minimum Gasteiger partial charge on any atom is -0.479 e. The van der Waals surface area contributed by atoms with Gasteiger partial charge in [-0.05, 0) is 29.9 Å². The standard InChI is InChI=1S/C17H25NO4/c1-12(2)10-14-6-4-13(5-7-14)8-9-16(19)18-11-15(22-3)17(20)21/h4-7,12,15H,8-11H2,1-3H3,(H,18,19)(H,20,21). The number of carbonyl (C=O) groups excluding carboxylic acids is 1. The van der Waals surface area contributed by atoms with Crippen molar-refractivity contribution < 1.29 is 19.4 Å². The number of hydrogen-bond donors (Lipinski definition) is 2. The number of nitrogens with one attached hydrogen (secondary N) is 1. The Morgan fingerprint density at radius 2 is 1.77 bits per heavy atom. The molecule has 5 nitrogen and oxygen atoms in total. The Labute approximate surface area is 131 Å². The van der Waals surface area contributed by atoms with E-state index >= 15 is 0 Å². The van der Waals surface area contributed by atoms with Crippen LogP contribution >= 0.6 is 0 Å². The summed E-state index contributed by atoms with van der Waals surface area (Å²) in [6.07, 6.45) is 1.02. The molecule has 0 fully saturated rings. The van der Waals surface area contributed by atoms with Gasteiger partial charge in [0, 0.05) is 13.5 Å². The summed E-state index contributed by atoms with van der Waals surface area (Å²) in [7, 11) is 1.31. The first-order valence-corrected chi connectivity index (χ1v) is 7.52. The van der Waals surface area contributed by atoms with Crippen LogP contribution < -0.4 is 5.32 Å². The maximum absolute atomic E-state index is 11.7. The predicted molar refractivity (Wildman–Crippen MR) is 84.7 cm³/mol. The van der Waals surface area contributed by atoms with Crippen LogP contribution in [-0.2, 0) is 27.2 Å². The van der Waals surface area contributed by atoms with Gasteiger partial charge < -0.3 is 15.2 Å². The summed E-state index contributed by atoms with van der Waals surface area (Å²) in [5.74, 6) is -0.627. The predicted octanol–water partition coefficient (Wildman–Crippen LogP) is 2.03. The van der Waals surface area contributed by atoms with Crippen molar-refractivity contribution in [3.63, 3.8) is 0 Å². The second kappa shape index (κ2) is 9.20. The minimum absolute atomic E-state index is 0.0159. The number of carbonyl (C=O) groups is 2. The number of hydrogen-bond acceptors (Lipinski definition) is 3. The van der Waals surface area contributed by atoms with Crippen LogP contribution in [0.15, 0.2) is 24.3 Å². The Bertz CT molecular complexity index is 482. The highest BCUT2D eigenvalue weighted by molar-refractivity contribution is 5.78. The van der Waals surface area contributed by atoms with Gasteiger partial charge in [0.1, 0.15) is 0 Å². The van der Waals surface area contributed by atoms with Crippen molar-refractivity contribution >= 4 is 11.9 Å². The molecule has 1 rings (SSSR count). The molecule has 1 aromatic carbocycles. The van der Waals surface area contributed by atoms with Crippen LogP contribution in [0.5, 0.6) is 0 Å². The lowest BCUT2D eigenvalue weighted by molar-refractivity contribution is -0.148. The molecule has 122 valence electrons. The maximum Gasteiger partial charge on any atom is 0.334 e. The molecule has 0 heterocycles. The smallest absolute Gasteiger partial charge is 0.334 e. The average Bonchev–Trinajstić information content (AvgIpc) is 2.46. The van der Waals surface area contributed by atoms with Crippen LogP contribution in [0.4, 0.5) is 0 Å². The Morgan fingerprint density at radius 1 is 1.18 bits per heavy atom. The molecule has 0 saturated carbocycles. The number of carboxylic acids is 1. The van der Waals surface area contributed by atoms with Crippen molar-refractivity contribution in [3.8, 4) is 0 Å². The summed E-state index contributed by atoms with van der Waals surface area (Å²) in [6, 6.07) is 8.28. The van der Waals surface area contributed by atoms with Crippen molar-refractivity contribution in [2.75, 3.05) is 13.7 Å². The van der Waals surface area contributed by atoms with Crippen molar-refractivity contribution in [1.29, 1.82) is 0 Å². The number of rotatable bonds is 9. The molecule has 1 atom stereocenters. The van der Waals surface area contributed by atoms with E-state index in [0.717, 1.165) is 12.0 Å². The molecule has 1 amide bonds. The van der Waals surface area contributed by atoms with Gasteiger partial charge in [0.25, 0.3) is 0 Å². The third kappa shape index (κ3) is 6.72. The van der Waals surface area contributed by atoms with Crippen LogP contribution in [0.1, 0.15) is 31.4 Å². The van der Waals surface area contributed by atoms with Crippen LogP contribution in [-0.4, -0.2) is 36.7 Å². The van der Waals surface area contributed by atoms with E-state index in [1.54, 1.807) is 0 Å². The third-order valence-electron chi connectivity index (χ3n) is 3.35. The van der Waals surface area contributed by atoms with E-state index in [1.165, 1.54) is 12.7 Å². The summed E-state index contributed by atoms with van der Waals surface area (Å²) in [5, 5.41) is 11.4. The lowest BCUT2D eigenvalue weighted by Gasteiger charge is -2.11. The number of amides is 1. The summed E-state index contributed by atoms with van der Waals surface area (Å²) in [6.45, 7) is 4.35. The van der Waals surface area contributed by atoms with Crippen molar-refractivity contribution in [2.45, 2.75) is 39.2 Å². The second-order valence-corrected chi connectivity index (χ2v) is 5.78. The topological polar surface area (TPSA) is 75.6 Å². The molecule has 0 aliphatic carbocycles. The van der Waals surface area contributed by atoms with Gasteiger partial charge in [-0.2, -0.15) is 0 Å². The first kappa shape index (κ1) is 18.2. The Balaban J connectivity index is 2.36. The quantitative estimate of drug-likeness (QED) is 0.732. The number of carboxylic acid groups (broad SMARTS) is 1. The van der Waals surface area contributed by atoms with E-state index < -0.39 is 12.1 Å². The molecule has 2 N–H and O–H groups in total. The monoisotopic (exact) mass is 307 g/mol. The molecule has 0 bridgehead atoms. The molecule has 0 aromatic heterocycles. The average molecular weight is 307 g/mol. The van der Waals surface area contributed by atoms with Crippen molar-refractivity contribution in [1.82, 2.24) is 5.32 Å². The summed E-state index contributed by atoms with van der Waals surface area (Å²) >= 11 is 0. The molecule has 1 aromatic rings. The first-order chi connectivity index (χ1) is 10.4. The normalized spacial score (nSPS) is 12.2. The highest BCUT2D eigenvalue weighted by Gasteiger charge is 2.16. The fraction of sp³-hybridized carbons (Fsp3) is 0.529. The molecule has 0 radical (unpaired) electrons. The zero-order valence-corrected chi connectivity index (χ0v) is 13.5. The summed E-state index contributed by atoms with van der Waals surface area (Å²) < 4.78 is 4.76. The zero-order chi connectivity index (χ0) is 16.5. The van der Waals surface area contributed by atoms with Crippen LogP contribution in [0.25, 0.3) is 0 Å². The highest BCUT2D eigenvalue weighted by atomic mass is 16.5. The van der Waals surface area contributed by atoms with Gasteiger partial charge in [-0.1, -0.05) is 38.1 Å². The van der Waals surface area contributed by atoms with Gasteiger partial charge in [0.05, 0.1) is 6.54 Å². The van der Waals surface area contributed by atoms with E-state index in [0.29, 0.717) is 18.8 Å². The van der Waals surface area contributed by atoms with Crippen molar-refractivity contribution in [3.05, 3.63) is 35.4 Å². The number of aliphatic carboxylic acids is 1. The van der Waals surface area contributed by atoms with Gasteiger partial charge in [-0.15, -0.1) is 0 Å². The lowest BCUT2D eigenvalue weighted by Crippen LogP contribution is -2.37. The van der Waals surface area contributed by atoms with E-state index in [4.69, 9.17) is 9.84 Å². The molecule has 0 saturated heterocycles. The largest absolute Gasteiger partial charge is 0.479 e.